The van der Waals surface area contributed by atoms with Crippen LogP contribution in [0.25, 0.3) is 17.2 Å². The molecule has 38 heavy (non-hydrogen) atoms. The number of aryl methyl sites for hydroxylation is 1. The van der Waals surface area contributed by atoms with E-state index in [-0.39, 0.29) is 0 Å². The van der Waals surface area contributed by atoms with Gasteiger partial charge in [-0.25, -0.2) is 9.97 Å². The van der Waals surface area contributed by atoms with Gasteiger partial charge in [0.25, 0.3) is 0 Å². The number of furan rings is 1. The summed E-state index contributed by atoms with van der Waals surface area (Å²) in [5.74, 6) is 3.31. The summed E-state index contributed by atoms with van der Waals surface area (Å²) < 4.78 is 18.4. The molecule has 1 aliphatic heterocycles. The molecule has 0 aliphatic carbocycles. The Labute approximate surface area is 221 Å². The Balaban J connectivity index is 1.30. The maximum atomic E-state index is 5.59. The molecule has 2 aromatic carbocycles. The molecule has 9 nitrogen and oxygen atoms in total. The number of fused-ring (bicyclic) bond motifs is 2. The zero-order valence-corrected chi connectivity index (χ0v) is 21.8. The summed E-state index contributed by atoms with van der Waals surface area (Å²) in [5, 5.41) is 8.21. The second kappa shape index (κ2) is 10.2. The predicted octanol–water partition coefficient (Wildman–Crippen LogP) is 4.88. The van der Waals surface area contributed by atoms with Gasteiger partial charge >= 0.3 is 0 Å². The van der Waals surface area contributed by atoms with Crippen molar-refractivity contribution >= 4 is 11.6 Å². The highest BCUT2D eigenvalue weighted by Crippen LogP contribution is 2.34. The smallest absolute Gasteiger partial charge is 0.226 e. The van der Waals surface area contributed by atoms with E-state index in [0.717, 1.165) is 42.2 Å². The second-order valence-electron chi connectivity index (χ2n) is 9.47. The van der Waals surface area contributed by atoms with E-state index in [1.54, 1.807) is 25.0 Å². The van der Waals surface area contributed by atoms with Crippen LogP contribution in [0, 0.1) is 6.92 Å². The summed E-state index contributed by atoms with van der Waals surface area (Å²) in [5.41, 5.74) is 6.73. The highest BCUT2D eigenvalue weighted by atomic mass is 16.5. The molecule has 0 bridgehead atoms. The molecule has 4 heterocycles. The SMILES string of the molecule is COc1cc2c(cc1OC)CN(Cc1cnc(NCc3ccccc3C)n3nc(-c4ccco4)nc13)CC2. The topological polar surface area (TPSA) is 90.0 Å². The van der Waals surface area contributed by atoms with E-state index < -0.39 is 0 Å². The third kappa shape index (κ3) is 4.56. The second-order valence-corrected chi connectivity index (χ2v) is 9.47. The summed E-state index contributed by atoms with van der Waals surface area (Å²) in [6.07, 6.45) is 4.46. The Kier molecular flexibility index (Phi) is 6.43. The van der Waals surface area contributed by atoms with Gasteiger partial charge in [-0.05, 0) is 59.9 Å². The van der Waals surface area contributed by atoms with E-state index in [4.69, 9.17) is 29.0 Å². The Morgan fingerprint density at radius 1 is 1.00 bits per heavy atom. The third-order valence-electron chi connectivity index (χ3n) is 7.07. The van der Waals surface area contributed by atoms with Crippen molar-refractivity contribution in [3.8, 4) is 23.1 Å². The van der Waals surface area contributed by atoms with E-state index in [2.05, 4.69) is 41.4 Å². The van der Waals surface area contributed by atoms with Crippen LogP contribution in [0.15, 0.2) is 65.4 Å². The van der Waals surface area contributed by atoms with Gasteiger partial charge in [-0.1, -0.05) is 24.3 Å². The first-order valence-electron chi connectivity index (χ1n) is 12.7. The van der Waals surface area contributed by atoms with Gasteiger partial charge in [-0.15, -0.1) is 5.10 Å². The number of hydrogen-bond donors (Lipinski definition) is 1. The quantitative estimate of drug-likeness (QED) is 0.316. The van der Waals surface area contributed by atoms with Gasteiger partial charge in [-0.2, -0.15) is 4.52 Å². The molecule has 0 atom stereocenters. The monoisotopic (exact) mass is 510 g/mol. The zero-order chi connectivity index (χ0) is 26.1. The maximum absolute atomic E-state index is 5.59. The lowest BCUT2D eigenvalue weighted by atomic mass is 9.98. The summed E-state index contributed by atoms with van der Waals surface area (Å²) >= 11 is 0. The van der Waals surface area contributed by atoms with Crippen LogP contribution >= 0.6 is 0 Å². The van der Waals surface area contributed by atoms with E-state index in [0.29, 0.717) is 30.6 Å². The number of nitrogens with zero attached hydrogens (tertiary/aromatic N) is 5. The van der Waals surface area contributed by atoms with Crippen LogP contribution in [-0.4, -0.2) is 45.2 Å². The van der Waals surface area contributed by atoms with Crippen molar-refractivity contribution in [3.05, 3.63) is 88.8 Å². The van der Waals surface area contributed by atoms with Gasteiger partial charge in [0.1, 0.15) is 0 Å². The van der Waals surface area contributed by atoms with Gasteiger partial charge in [0.05, 0.1) is 20.5 Å². The normalized spacial score (nSPS) is 13.4. The number of anilines is 1. The fraction of sp³-hybridized carbons (Fsp3) is 0.276. The molecule has 0 fully saturated rings. The first-order valence-corrected chi connectivity index (χ1v) is 12.7. The van der Waals surface area contributed by atoms with E-state index >= 15 is 0 Å². The van der Waals surface area contributed by atoms with Gasteiger partial charge in [0.2, 0.25) is 11.8 Å². The van der Waals surface area contributed by atoms with Crippen LogP contribution in [0.2, 0.25) is 0 Å². The Hall–Kier alpha value is -4.37. The van der Waals surface area contributed by atoms with Crippen LogP contribution in [-0.2, 0) is 26.1 Å². The predicted molar refractivity (Wildman–Crippen MR) is 144 cm³/mol. The molecule has 1 aliphatic rings. The first kappa shape index (κ1) is 24.0. The number of ether oxygens (including phenoxy) is 2. The van der Waals surface area contributed by atoms with Crippen LogP contribution < -0.4 is 14.8 Å². The maximum Gasteiger partial charge on any atom is 0.226 e. The van der Waals surface area contributed by atoms with Crippen molar-refractivity contribution in [2.45, 2.75) is 33.0 Å². The molecule has 0 saturated carbocycles. The molecule has 3 aromatic heterocycles. The highest BCUT2D eigenvalue weighted by molar-refractivity contribution is 5.58. The minimum atomic E-state index is 0.531. The number of rotatable bonds is 8. The number of nitrogens with one attached hydrogen (secondary N) is 1. The molecule has 0 radical (unpaired) electrons. The van der Waals surface area contributed by atoms with Gasteiger partial charge in [-0.3, -0.25) is 4.90 Å². The lowest BCUT2D eigenvalue weighted by molar-refractivity contribution is 0.244. The Bertz CT molecular complexity index is 1580. The molecular weight excluding hydrogens is 480 g/mol. The summed E-state index contributed by atoms with van der Waals surface area (Å²) in [6, 6.07) is 16.2. The molecule has 6 rings (SSSR count). The fourth-order valence-electron chi connectivity index (χ4n) is 4.96. The van der Waals surface area contributed by atoms with E-state index in [9.17, 15) is 0 Å². The average Bonchev–Trinajstić information content (AvgIpc) is 3.63. The van der Waals surface area contributed by atoms with Crippen molar-refractivity contribution in [1.29, 1.82) is 0 Å². The molecule has 0 spiro atoms. The lowest BCUT2D eigenvalue weighted by Gasteiger charge is -2.29. The van der Waals surface area contributed by atoms with Crippen molar-refractivity contribution < 1.29 is 13.9 Å². The highest BCUT2D eigenvalue weighted by Gasteiger charge is 2.22. The van der Waals surface area contributed by atoms with Crippen LogP contribution in [0.3, 0.4) is 0 Å². The van der Waals surface area contributed by atoms with E-state index in [1.807, 2.05) is 30.5 Å². The summed E-state index contributed by atoms with van der Waals surface area (Å²) in [6.45, 7) is 5.16. The van der Waals surface area contributed by atoms with Crippen LogP contribution in [0.1, 0.15) is 27.8 Å². The summed E-state index contributed by atoms with van der Waals surface area (Å²) in [7, 11) is 3.34. The molecule has 9 heteroatoms. The summed E-state index contributed by atoms with van der Waals surface area (Å²) in [4.78, 5) is 12.0. The Morgan fingerprint density at radius 2 is 1.82 bits per heavy atom. The molecular formula is C29H30N6O3. The zero-order valence-electron chi connectivity index (χ0n) is 21.8. The first-order chi connectivity index (χ1) is 18.6. The molecule has 194 valence electrons. The molecule has 0 amide bonds. The largest absolute Gasteiger partial charge is 0.493 e. The number of hydrogen-bond acceptors (Lipinski definition) is 8. The Morgan fingerprint density at radius 3 is 2.58 bits per heavy atom. The van der Waals surface area contributed by atoms with Crippen molar-refractivity contribution in [1.82, 2.24) is 24.5 Å². The third-order valence-corrected chi connectivity index (χ3v) is 7.07. The van der Waals surface area contributed by atoms with Gasteiger partial charge in [0, 0.05) is 37.9 Å². The van der Waals surface area contributed by atoms with Gasteiger partial charge < -0.3 is 19.2 Å². The minimum absolute atomic E-state index is 0.531. The van der Waals surface area contributed by atoms with Crippen molar-refractivity contribution in [3.63, 3.8) is 0 Å². The fourth-order valence-corrected chi connectivity index (χ4v) is 4.96. The standard InChI is InChI=1S/C29H30N6O3/c1-19-7-4-5-8-21(19)15-30-29-31-16-23(28-32-27(33-35(28)29)24-9-6-12-38-24)18-34-11-10-20-13-25(36-2)26(37-3)14-22(20)17-34/h4-9,12-14,16H,10-11,15,17-18H2,1-3H3,(H,30,31). The minimum Gasteiger partial charge on any atom is -0.493 e. The van der Waals surface area contributed by atoms with Crippen LogP contribution in [0.4, 0.5) is 5.95 Å². The van der Waals surface area contributed by atoms with Gasteiger partial charge in [0.15, 0.2) is 22.9 Å². The lowest BCUT2D eigenvalue weighted by Crippen LogP contribution is -2.30. The molecule has 1 N–H and O–H groups in total. The van der Waals surface area contributed by atoms with E-state index in [1.165, 1.54) is 22.3 Å². The average molecular weight is 511 g/mol. The number of methoxy groups -OCH3 is 2. The van der Waals surface area contributed by atoms with Crippen molar-refractivity contribution in [2.24, 2.45) is 0 Å². The molecule has 5 aromatic rings. The molecule has 0 unspecified atom stereocenters. The number of aromatic nitrogens is 4. The van der Waals surface area contributed by atoms with Crippen molar-refractivity contribution in [2.75, 3.05) is 26.1 Å². The van der Waals surface area contributed by atoms with Crippen LogP contribution in [0.5, 0.6) is 11.5 Å². The molecule has 0 saturated heterocycles. The number of benzene rings is 2.